The molecule has 0 saturated carbocycles. The van der Waals surface area contributed by atoms with Gasteiger partial charge in [-0.1, -0.05) is 60.7 Å². The number of hydrogen-bond donors (Lipinski definition) is 2. The van der Waals surface area contributed by atoms with E-state index < -0.39 is 0 Å². The van der Waals surface area contributed by atoms with Crippen LogP contribution in [-0.2, 0) is 16.0 Å². The van der Waals surface area contributed by atoms with Crippen LogP contribution in [0.15, 0.2) is 89.8 Å². The molecule has 0 spiro atoms. The fourth-order valence-corrected chi connectivity index (χ4v) is 5.09. The zero-order valence-corrected chi connectivity index (χ0v) is 20.6. The smallest absolute Gasteiger partial charge is 0.239 e. The molecule has 34 heavy (non-hydrogen) atoms. The van der Waals surface area contributed by atoms with Gasteiger partial charge < -0.3 is 10.6 Å². The fourth-order valence-electron chi connectivity index (χ4n) is 3.38. The molecule has 1 heterocycles. The number of anilines is 2. The largest absolute Gasteiger partial charge is 0.326 e. The van der Waals surface area contributed by atoms with E-state index in [2.05, 4.69) is 15.6 Å². The Morgan fingerprint density at radius 2 is 1.56 bits per heavy atom. The molecule has 3 aromatic carbocycles. The molecule has 2 N–H and O–H groups in total. The molecular formula is C27H25N3O2S2. The third kappa shape index (κ3) is 6.34. The lowest BCUT2D eigenvalue weighted by Gasteiger charge is -2.11. The van der Waals surface area contributed by atoms with Gasteiger partial charge in [-0.15, -0.1) is 23.1 Å². The number of rotatable bonds is 8. The number of nitrogens with one attached hydrogen (secondary N) is 2. The molecular weight excluding hydrogens is 462 g/mol. The number of aromatic nitrogens is 1. The van der Waals surface area contributed by atoms with Crippen LogP contribution in [0.3, 0.4) is 0 Å². The molecule has 2 amide bonds. The molecule has 1 atom stereocenters. The number of thiazole rings is 1. The molecule has 0 aliphatic carbocycles. The molecule has 5 nitrogen and oxygen atoms in total. The first kappa shape index (κ1) is 23.7. The highest BCUT2D eigenvalue weighted by atomic mass is 32.2. The standard InChI is InChI=1S/C27H25N3O2S2/c1-18-25(21-11-7-4-8-12-21)29-27(34-18)30-26(32)19(2)33-23-15-13-22(14-16-23)28-24(31)17-20-9-5-3-6-10-20/h3-16,19H,17H2,1-2H3,(H,28,31)(H,29,30,32). The number of carbonyl (C=O) groups excluding carboxylic acids is 2. The van der Waals surface area contributed by atoms with E-state index in [0.29, 0.717) is 11.6 Å². The van der Waals surface area contributed by atoms with Crippen molar-refractivity contribution in [3.63, 3.8) is 0 Å². The van der Waals surface area contributed by atoms with Crippen molar-refractivity contribution in [2.45, 2.75) is 30.4 Å². The number of hydrogen-bond acceptors (Lipinski definition) is 5. The quantitative estimate of drug-likeness (QED) is 0.281. The molecule has 0 aliphatic rings. The van der Waals surface area contributed by atoms with Gasteiger partial charge in [0.05, 0.1) is 17.4 Å². The van der Waals surface area contributed by atoms with Gasteiger partial charge in [0.25, 0.3) is 0 Å². The van der Waals surface area contributed by atoms with E-state index >= 15 is 0 Å². The van der Waals surface area contributed by atoms with Crippen LogP contribution in [0.4, 0.5) is 10.8 Å². The Balaban J connectivity index is 1.31. The van der Waals surface area contributed by atoms with Gasteiger partial charge in [-0.3, -0.25) is 9.59 Å². The number of thioether (sulfide) groups is 1. The predicted octanol–water partition coefficient (Wildman–Crippen LogP) is 6.42. The summed E-state index contributed by atoms with van der Waals surface area (Å²) in [7, 11) is 0. The van der Waals surface area contributed by atoms with Crippen molar-refractivity contribution in [2.75, 3.05) is 10.6 Å². The summed E-state index contributed by atoms with van der Waals surface area (Å²) in [6.45, 7) is 3.88. The number of carbonyl (C=O) groups is 2. The molecule has 7 heteroatoms. The first-order valence-corrected chi connectivity index (χ1v) is 12.6. The summed E-state index contributed by atoms with van der Waals surface area (Å²) < 4.78 is 0. The first-order chi connectivity index (χ1) is 16.5. The van der Waals surface area contributed by atoms with Crippen LogP contribution in [0.25, 0.3) is 11.3 Å². The van der Waals surface area contributed by atoms with Crippen LogP contribution >= 0.6 is 23.1 Å². The van der Waals surface area contributed by atoms with Crippen LogP contribution in [0.2, 0.25) is 0 Å². The highest BCUT2D eigenvalue weighted by Gasteiger charge is 2.18. The van der Waals surface area contributed by atoms with E-state index in [4.69, 9.17) is 0 Å². The van der Waals surface area contributed by atoms with Gasteiger partial charge in [-0.25, -0.2) is 4.98 Å². The lowest BCUT2D eigenvalue weighted by atomic mass is 10.1. The minimum Gasteiger partial charge on any atom is -0.326 e. The summed E-state index contributed by atoms with van der Waals surface area (Å²) in [5.41, 5.74) is 3.63. The maximum atomic E-state index is 12.7. The Hall–Kier alpha value is -3.42. The minimum atomic E-state index is -0.303. The van der Waals surface area contributed by atoms with Crippen molar-refractivity contribution in [2.24, 2.45) is 0 Å². The summed E-state index contributed by atoms with van der Waals surface area (Å²) in [6.07, 6.45) is 0.330. The summed E-state index contributed by atoms with van der Waals surface area (Å²) in [6, 6.07) is 27.1. The zero-order valence-electron chi connectivity index (χ0n) is 18.9. The van der Waals surface area contributed by atoms with Crippen molar-refractivity contribution >= 4 is 45.7 Å². The Labute approximate surface area is 207 Å². The average molecular weight is 488 g/mol. The topological polar surface area (TPSA) is 71.1 Å². The van der Waals surface area contributed by atoms with Crippen molar-refractivity contribution in [3.05, 3.63) is 95.4 Å². The van der Waals surface area contributed by atoms with Crippen LogP contribution in [0, 0.1) is 6.92 Å². The second-order valence-electron chi connectivity index (χ2n) is 7.77. The van der Waals surface area contributed by atoms with Crippen molar-refractivity contribution in [1.82, 2.24) is 4.98 Å². The molecule has 1 aromatic heterocycles. The zero-order chi connectivity index (χ0) is 23.9. The van der Waals surface area contributed by atoms with E-state index in [0.717, 1.165) is 32.3 Å². The normalized spacial score (nSPS) is 11.6. The summed E-state index contributed by atoms with van der Waals surface area (Å²) in [4.78, 5) is 31.6. The fraction of sp³-hybridized carbons (Fsp3) is 0.148. The summed E-state index contributed by atoms with van der Waals surface area (Å²) in [5.74, 6) is -0.161. The van der Waals surface area contributed by atoms with Crippen LogP contribution < -0.4 is 10.6 Å². The second kappa shape index (κ2) is 11.1. The third-order valence-corrected chi connectivity index (χ3v) is 7.10. The Morgan fingerprint density at radius 3 is 2.24 bits per heavy atom. The molecule has 0 aliphatic heterocycles. The van der Waals surface area contributed by atoms with Gasteiger partial charge in [-0.2, -0.15) is 0 Å². The van der Waals surface area contributed by atoms with Crippen LogP contribution in [-0.4, -0.2) is 22.0 Å². The van der Waals surface area contributed by atoms with Crippen molar-refractivity contribution in [1.29, 1.82) is 0 Å². The first-order valence-electron chi connectivity index (χ1n) is 10.9. The molecule has 1 unspecified atom stereocenters. The lowest BCUT2D eigenvalue weighted by Crippen LogP contribution is -2.22. The van der Waals surface area contributed by atoms with Gasteiger partial charge in [-0.05, 0) is 43.7 Å². The molecule has 0 saturated heterocycles. The average Bonchev–Trinajstić information content (AvgIpc) is 3.21. The SMILES string of the molecule is Cc1sc(NC(=O)C(C)Sc2ccc(NC(=O)Cc3ccccc3)cc2)nc1-c1ccccc1. The molecule has 4 rings (SSSR count). The monoisotopic (exact) mass is 487 g/mol. The lowest BCUT2D eigenvalue weighted by molar-refractivity contribution is -0.116. The van der Waals surface area contributed by atoms with Gasteiger partial charge in [0, 0.05) is 21.0 Å². The van der Waals surface area contributed by atoms with E-state index in [-0.39, 0.29) is 17.1 Å². The maximum absolute atomic E-state index is 12.7. The molecule has 0 fully saturated rings. The third-order valence-electron chi connectivity index (χ3n) is 5.10. The molecule has 0 bridgehead atoms. The van der Waals surface area contributed by atoms with Crippen LogP contribution in [0.5, 0.6) is 0 Å². The number of aryl methyl sites for hydroxylation is 1. The Kier molecular flexibility index (Phi) is 7.77. The van der Waals surface area contributed by atoms with E-state index in [9.17, 15) is 9.59 Å². The number of amides is 2. The molecule has 172 valence electrons. The highest BCUT2D eigenvalue weighted by Crippen LogP contribution is 2.31. The molecule has 0 radical (unpaired) electrons. The van der Waals surface area contributed by atoms with Gasteiger partial charge in [0.2, 0.25) is 11.8 Å². The van der Waals surface area contributed by atoms with Crippen molar-refractivity contribution in [3.8, 4) is 11.3 Å². The number of nitrogens with zero attached hydrogens (tertiary/aromatic N) is 1. The molecule has 4 aromatic rings. The minimum absolute atomic E-state index is 0.0621. The number of benzene rings is 3. The van der Waals surface area contributed by atoms with Gasteiger partial charge in [0.1, 0.15) is 0 Å². The van der Waals surface area contributed by atoms with Gasteiger partial charge in [0.15, 0.2) is 5.13 Å². The predicted molar refractivity (Wildman–Crippen MR) is 141 cm³/mol. The Bertz CT molecular complexity index is 1260. The van der Waals surface area contributed by atoms with Gasteiger partial charge >= 0.3 is 0 Å². The highest BCUT2D eigenvalue weighted by molar-refractivity contribution is 8.00. The van der Waals surface area contributed by atoms with E-state index in [1.165, 1.54) is 23.1 Å². The van der Waals surface area contributed by atoms with Crippen LogP contribution in [0.1, 0.15) is 17.4 Å². The second-order valence-corrected chi connectivity index (χ2v) is 10.4. The summed E-state index contributed by atoms with van der Waals surface area (Å²) in [5, 5.41) is 6.16. The van der Waals surface area contributed by atoms with E-state index in [1.807, 2.05) is 98.8 Å². The maximum Gasteiger partial charge on any atom is 0.239 e. The summed E-state index contributed by atoms with van der Waals surface area (Å²) >= 11 is 2.94. The van der Waals surface area contributed by atoms with E-state index in [1.54, 1.807) is 0 Å². The Morgan fingerprint density at radius 1 is 0.912 bits per heavy atom. The van der Waals surface area contributed by atoms with Crippen molar-refractivity contribution < 1.29 is 9.59 Å².